The highest BCUT2D eigenvalue weighted by molar-refractivity contribution is 5.86. The summed E-state index contributed by atoms with van der Waals surface area (Å²) in [5.41, 5.74) is -1.76. The zero-order chi connectivity index (χ0) is 19.9. The molecular formula is C11H9F11O2. The van der Waals surface area contributed by atoms with Gasteiger partial charge in [0.25, 0.3) is 0 Å². The smallest absolute Gasteiger partial charge is 0.460 e. The predicted octanol–water partition coefficient (Wildman–Crippen LogP) is 4.76. The van der Waals surface area contributed by atoms with Crippen LogP contribution in [0, 0.1) is 5.92 Å². The van der Waals surface area contributed by atoms with Gasteiger partial charge in [-0.3, -0.25) is 0 Å². The van der Waals surface area contributed by atoms with Crippen LogP contribution in [0.25, 0.3) is 0 Å². The molecule has 1 N–H and O–H groups in total. The maximum atomic E-state index is 13.6. The zero-order valence-electron chi connectivity index (χ0n) is 11.5. The summed E-state index contributed by atoms with van der Waals surface area (Å²) >= 11 is 0. The molecule has 0 radical (unpaired) electrons. The molecule has 0 rings (SSSR count). The van der Waals surface area contributed by atoms with E-state index in [1.54, 1.807) is 0 Å². The number of alkyl halides is 11. The van der Waals surface area contributed by atoms with Gasteiger partial charge in [-0.25, -0.2) is 4.79 Å². The number of hydrogen-bond donors (Lipinski definition) is 1. The third-order valence-electron chi connectivity index (χ3n) is 3.10. The summed E-state index contributed by atoms with van der Waals surface area (Å²) in [6.07, 6.45) is -8.57. The molecule has 0 aliphatic rings. The Hall–Kier alpha value is -1.56. The highest BCUT2D eigenvalue weighted by Gasteiger charge is 2.87. The average molecular weight is 382 g/mol. The number of halogens is 11. The Bertz CT molecular complexity index is 507. The standard InChI is InChI=1S/C11H9F11O2/c1-3-5(4(2)6(23)24)7(12,13)8(14,15)9(16,17)10(18,19)11(20,21)22/h5H,2-3H2,1H3,(H,23,24). The van der Waals surface area contributed by atoms with Gasteiger partial charge in [-0.2, -0.15) is 48.3 Å². The van der Waals surface area contributed by atoms with E-state index in [-0.39, 0.29) is 0 Å². The molecule has 0 saturated heterocycles. The van der Waals surface area contributed by atoms with Gasteiger partial charge in [-0.05, 0) is 6.42 Å². The summed E-state index contributed by atoms with van der Waals surface area (Å²) in [4.78, 5) is 10.5. The van der Waals surface area contributed by atoms with Crippen molar-refractivity contribution in [2.45, 2.75) is 43.2 Å². The Morgan fingerprint density at radius 1 is 0.875 bits per heavy atom. The first-order valence-corrected chi connectivity index (χ1v) is 5.80. The molecule has 13 heteroatoms. The second-order valence-electron chi connectivity index (χ2n) is 4.64. The predicted molar refractivity (Wildman–Crippen MR) is 56.4 cm³/mol. The van der Waals surface area contributed by atoms with Crippen LogP contribution >= 0.6 is 0 Å². The Balaban J connectivity index is 6.28. The Labute approximate surface area is 126 Å². The van der Waals surface area contributed by atoms with Crippen LogP contribution in [0.15, 0.2) is 12.2 Å². The van der Waals surface area contributed by atoms with Gasteiger partial charge in [-0.1, -0.05) is 13.5 Å². The van der Waals surface area contributed by atoms with Gasteiger partial charge in [0.2, 0.25) is 0 Å². The van der Waals surface area contributed by atoms with Gasteiger partial charge in [0.1, 0.15) is 0 Å². The Morgan fingerprint density at radius 3 is 1.50 bits per heavy atom. The van der Waals surface area contributed by atoms with E-state index >= 15 is 0 Å². The summed E-state index contributed by atoms with van der Waals surface area (Å²) < 4.78 is 141. The van der Waals surface area contributed by atoms with E-state index in [1.807, 2.05) is 0 Å². The normalized spacial score (nSPS) is 16.0. The molecule has 142 valence electrons. The molecule has 24 heavy (non-hydrogen) atoms. The molecule has 0 saturated carbocycles. The number of carboxylic acid groups (broad SMARTS) is 1. The van der Waals surface area contributed by atoms with Crippen molar-refractivity contribution in [3.05, 3.63) is 12.2 Å². The maximum Gasteiger partial charge on any atom is 0.460 e. The topological polar surface area (TPSA) is 37.3 Å². The monoisotopic (exact) mass is 382 g/mol. The molecule has 1 unspecified atom stereocenters. The first kappa shape index (κ1) is 22.4. The molecule has 0 aromatic carbocycles. The van der Waals surface area contributed by atoms with Gasteiger partial charge < -0.3 is 5.11 Å². The van der Waals surface area contributed by atoms with Crippen LogP contribution < -0.4 is 0 Å². The molecule has 0 spiro atoms. The van der Waals surface area contributed by atoms with Crippen molar-refractivity contribution in [1.29, 1.82) is 0 Å². The summed E-state index contributed by atoms with van der Waals surface area (Å²) in [7, 11) is 0. The van der Waals surface area contributed by atoms with Crippen LogP contribution in [0.3, 0.4) is 0 Å². The lowest BCUT2D eigenvalue weighted by molar-refractivity contribution is -0.425. The van der Waals surface area contributed by atoms with E-state index in [2.05, 4.69) is 6.58 Å². The van der Waals surface area contributed by atoms with E-state index in [0.717, 1.165) is 0 Å². The van der Waals surface area contributed by atoms with Crippen LogP contribution in [0.1, 0.15) is 13.3 Å². The number of carboxylic acids is 1. The van der Waals surface area contributed by atoms with Crippen molar-refractivity contribution in [2.75, 3.05) is 0 Å². The maximum absolute atomic E-state index is 13.6. The minimum absolute atomic E-state index is 0.600. The number of rotatable bonds is 7. The molecule has 0 aliphatic heterocycles. The fourth-order valence-corrected chi connectivity index (χ4v) is 1.67. The highest BCUT2D eigenvalue weighted by Crippen LogP contribution is 2.59. The minimum atomic E-state index is -7.56. The number of aliphatic carboxylic acids is 1. The summed E-state index contributed by atoms with van der Waals surface area (Å²) in [6.45, 7) is 3.03. The third kappa shape index (κ3) is 3.04. The number of hydrogen-bond acceptors (Lipinski definition) is 1. The van der Waals surface area contributed by atoms with E-state index in [0.29, 0.717) is 6.92 Å². The van der Waals surface area contributed by atoms with Crippen molar-refractivity contribution in [3.63, 3.8) is 0 Å². The highest BCUT2D eigenvalue weighted by atomic mass is 19.4. The van der Waals surface area contributed by atoms with Crippen LogP contribution in [0.4, 0.5) is 48.3 Å². The molecule has 0 aliphatic carbocycles. The quantitative estimate of drug-likeness (QED) is 0.510. The first-order chi connectivity index (χ1) is 10.3. The van der Waals surface area contributed by atoms with Crippen molar-refractivity contribution < 1.29 is 58.2 Å². The summed E-state index contributed by atoms with van der Waals surface area (Å²) in [6, 6.07) is 0. The van der Waals surface area contributed by atoms with Crippen molar-refractivity contribution in [3.8, 4) is 0 Å². The Kier molecular flexibility index (Phi) is 5.67. The van der Waals surface area contributed by atoms with Crippen LogP contribution in [0.2, 0.25) is 0 Å². The van der Waals surface area contributed by atoms with Gasteiger partial charge >= 0.3 is 35.8 Å². The lowest BCUT2D eigenvalue weighted by Crippen LogP contribution is -2.68. The largest absolute Gasteiger partial charge is 0.478 e. The molecule has 0 aromatic heterocycles. The van der Waals surface area contributed by atoms with Gasteiger partial charge in [0.05, 0.1) is 5.92 Å². The van der Waals surface area contributed by atoms with Crippen molar-refractivity contribution >= 4 is 5.97 Å². The van der Waals surface area contributed by atoms with Gasteiger partial charge in [0.15, 0.2) is 0 Å². The van der Waals surface area contributed by atoms with Crippen molar-refractivity contribution in [1.82, 2.24) is 0 Å². The number of carbonyl (C=O) groups is 1. The van der Waals surface area contributed by atoms with E-state index in [9.17, 15) is 53.1 Å². The third-order valence-corrected chi connectivity index (χ3v) is 3.10. The van der Waals surface area contributed by atoms with E-state index in [1.165, 1.54) is 0 Å². The molecule has 2 nitrogen and oxygen atoms in total. The van der Waals surface area contributed by atoms with Gasteiger partial charge in [-0.15, -0.1) is 0 Å². The molecule has 0 amide bonds. The van der Waals surface area contributed by atoms with Crippen molar-refractivity contribution in [2.24, 2.45) is 5.92 Å². The summed E-state index contributed by atoms with van der Waals surface area (Å²) in [5.74, 6) is -34.2. The second-order valence-corrected chi connectivity index (χ2v) is 4.64. The lowest BCUT2D eigenvalue weighted by atomic mass is 9.83. The first-order valence-electron chi connectivity index (χ1n) is 5.80. The van der Waals surface area contributed by atoms with Crippen LogP contribution in [-0.2, 0) is 4.79 Å². The molecule has 0 aromatic rings. The Morgan fingerprint density at radius 2 is 1.25 bits per heavy atom. The van der Waals surface area contributed by atoms with Crippen LogP contribution in [0.5, 0.6) is 0 Å². The minimum Gasteiger partial charge on any atom is -0.478 e. The fraction of sp³-hybridized carbons (Fsp3) is 0.727. The molecule has 1 atom stereocenters. The van der Waals surface area contributed by atoms with Gasteiger partial charge in [0, 0.05) is 5.57 Å². The van der Waals surface area contributed by atoms with E-state index in [4.69, 9.17) is 5.11 Å². The van der Waals surface area contributed by atoms with E-state index < -0.39 is 53.7 Å². The SMILES string of the molecule is C=C(C(=O)O)C(CC)C(F)(F)C(F)(F)C(F)(F)C(F)(F)C(F)(F)F. The molecule has 0 bridgehead atoms. The fourth-order valence-electron chi connectivity index (χ4n) is 1.67. The molecule has 0 heterocycles. The molecule has 0 fully saturated rings. The summed E-state index contributed by atoms with van der Waals surface area (Å²) in [5, 5.41) is 8.41. The zero-order valence-corrected chi connectivity index (χ0v) is 11.5. The average Bonchev–Trinajstić information content (AvgIpc) is 2.36. The lowest BCUT2D eigenvalue weighted by Gasteiger charge is -2.40. The molecular weight excluding hydrogens is 373 g/mol. The van der Waals surface area contributed by atoms with Crippen LogP contribution in [-0.4, -0.2) is 40.9 Å². The second kappa shape index (κ2) is 6.06.